The van der Waals surface area contributed by atoms with Crippen molar-refractivity contribution in [2.75, 3.05) is 26.2 Å². The van der Waals surface area contributed by atoms with Gasteiger partial charge in [0.25, 0.3) is 0 Å². The van der Waals surface area contributed by atoms with E-state index in [1.165, 1.54) is 5.56 Å². The van der Waals surface area contributed by atoms with E-state index in [2.05, 4.69) is 36.2 Å². The zero-order chi connectivity index (χ0) is 14.4. The zero-order valence-electron chi connectivity index (χ0n) is 12.3. The number of nitrogens with zero attached hydrogens (tertiary/aromatic N) is 1. The van der Waals surface area contributed by atoms with Crippen LogP contribution in [0.3, 0.4) is 0 Å². The topological polar surface area (TPSA) is 41.6 Å². The first-order valence-corrected chi connectivity index (χ1v) is 7.32. The molecular weight excluding hydrogens is 252 g/mol. The fraction of sp³-hybridized carbons (Fsp3) is 0.562. The SMILES string of the molecule is CC1CN(CC(=O)NCCc2ccccc2)CC(C)O1. The highest BCUT2D eigenvalue weighted by Crippen LogP contribution is 2.09. The van der Waals surface area contributed by atoms with Crippen molar-refractivity contribution in [2.24, 2.45) is 0 Å². The van der Waals surface area contributed by atoms with Gasteiger partial charge in [-0.2, -0.15) is 0 Å². The number of carbonyl (C=O) groups excluding carboxylic acids is 1. The highest BCUT2D eigenvalue weighted by molar-refractivity contribution is 5.78. The monoisotopic (exact) mass is 276 g/mol. The third-order valence-electron chi connectivity index (χ3n) is 3.44. The molecule has 1 aliphatic rings. The first-order valence-electron chi connectivity index (χ1n) is 7.32. The second-order valence-corrected chi connectivity index (χ2v) is 5.54. The van der Waals surface area contributed by atoms with E-state index >= 15 is 0 Å². The van der Waals surface area contributed by atoms with Gasteiger partial charge >= 0.3 is 0 Å². The van der Waals surface area contributed by atoms with Gasteiger partial charge in [0.1, 0.15) is 0 Å². The number of nitrogens with one attached hydrogen (secondary N) is 1. The van der Waals surface area contributed by atoms with Gasteiger partial charge in [-0.3, -0.25) is 9.69 Å². The van der Waals surface area contributed by atoms with Crippen LogP contribution in [0.1, 0.15) is 19.4 Å². The van der Waals surface area contributed by atoms with Gasteiger partial charge in [-0.05, 0) is 25.8 Å². The van der Waals surface area contributed by atoms with Crippen molar-refractivity contribution in [1.82, 2.24) is 10.2 Å². The summed E-state index contributed by atoms with van der Waals surface area (Å²) in [7, 11) is 0. The van der Waals surface area contributed by atoms with Gasteiger partial charge in [-0.15, -0.1) is 0 Å². The highest BCUT2D eigenvalue weighted by Gasteiger charge is 2.23. The molecular formula is C16H24N2O2. The number of rotatable bonds is 5. The lowest BCUT2D eigenvalue weighted by Gasteiger charge is -2.34. The molecule has 0 bridgehead atoms. The van der Waals surface area contributed by atoms with Crippen LogP contribution in [-0.4, -0.2) is 49.2 Å². The maximum atomic E-state index is 11.9. The molecule has 2 unspecified atom stereocenters. The molecule has 1 heterocycles. The highest BCUT2D eigenvalue weighted by atomic mass is 16.5. The van der Waals surface area contributed by atoms with E-state index < -0.39 is 0 Å². The number of morpholine rings is 1. The molecule has 0 saturated carbocycles. The minimum atomic E-state index is 0.0993. The van der Waals surface area contributed by atoms with Crippen LogP contribution in [0.5, 0.6) is 0 Å². The molecule has 2 rings (SSSR count). The smallest absolute Gasteiger partial charge is 0.234 e. The van der Waals surface area contributed by atoms with Crippen LogP contribution in [0.4, 0.5) is 0 Å². The fourth-order valence-corrected chi connectivity index (χ4v) is 2.66. The van der Waals surface area contributed by atoms with Crippen LogP contribution < -0.4 is 5.32 Å². The predicted octanol–water partition coefficient (Wildman–Crippen LogP) is 1.45. The van der Waals surface area contributed by atoms with E-state index in [4.69, 9.17) is 4.74 Å². The Kier molecular flexibility index (Phi) is 5.56. The van der Waals surface area contributed by atoms with Crippen molar-refractivity contribution < 1.29 is 9.53 Å². The Bertz CT molecular complexity index is 412. The van der Waals surface area contributed by atoms with Crippen LogP contribution in [-0.2, 0) is 16.0 Å². The number of amides is 1. The quantitative estimate of drug-likeness (QED) is 0.885. The van der Waals surface area contributed by atoms with Crippen molar-refractivity contribution in [3.05, 3.63) is 35.9 Å². The number of hydrogen-bond acceptors (Lipinski definition) is 3. The molecule has 1 amide bonds. The van der Waals surface area contributed by atoms with Gasteiger partial charge in [0.2, 0.25) is 5.91 Å². The van der Waals surface area contributed by atoms with E-state index in [-0.39, 0.29) is 18.1 Å². The Morgan fingerprint density at radius 3 is 2.55 bits per heavy atom. The van der Waals surface area contributed by atoms with Crippen LogP contribution in [0.25, 0.3) is 0 Å². The van der Waals surface area contributed by atoms with Crippen LogP contribution in [0, 0.1) is 0 Å². The summed E-state index contributed by atoms with van der Waals surface area (Å²) in [5.74, 6) is 0.0993. The van der Waals surface area contributed by atoms with E-state index in [9.17, 15) is 4.79 Å². The lowest BCUT2D eigenvalue weighted by atomic mass is 10.1. The number of ether oxygens (including phenoxy) is 1. The third-order valence-corrected chi connectivity index (χ3v) is 3.44. The lowest BCUT2D eigenvalue weighted by molar-refractivity contribution is -0.125. The normalized spacial score (nSPS) is 23.5. The Hall–Kier alpha value is -1.39. The largest absolute Gasteiger partial charge is 0.373 e. The van der Waals surface area contributed by atoms with Crippen molar-refractivity contribution in [1.29, 1.82) is 0 Å². The second-order valence-electron chi connectivity index (χ2n) is 5.54. The first kappa shape index (κ1) is 15.0. The summed E-state index contributed by atoms with van der Waals surface area (Å²) in [4.78, 5) is 14.1. The molecule has 1 N–H and O–H groups in total. The Balaban J connectivity index is 1.67. The van der Waals surface area contributed by atoms with Gasteiger partial charge in [0.15, 0.2) is 0 Å². The average molecular weight is 276 g/mol. The molecule has 2 atom stereocenters. The van der Waals surface area contributed by atoms with Gasteiger partial charge in [0, 0.05) is 19.6 Å². The molecule has 1 aromatic carbocycles. The fourth-order valence-electron chi connectivity index (χ4n) is 2.66. The van der Waals surface area contributed by atoms with Gasteiger partial charge in [-0.25, -0.2) is 0 Å². The standard InChI is InChI=1S/C16H24N2O2/c1-13-10-18(11-14(2)20-13)12-16(19)17-9-8-15-6-4-3-5-7-15/h3-7,13-14H,8-12H2,1-2H3,(H,17,19). The predicted molar refractivity (Wildman–Crippen MR) is 79.6 cm³/mol. The van der Waals surface area contributed by atoms with Crippen molar-refractivity contribution in [3.8, 4) is 0 Å². The van der Waals surface area contributed by atoms with E-state index in [0.717, 1.165) is 19.5 Å². The Morgan fingerprint density at radius 2 is 1.90 bits per heavy atom. The molecule has 0 aromatic heterocycles. The maximum absolute atomic E-state index is 11.9. The second kappa shape index (κ2) is 7.41. The maximum Gasteiger partial charge on any atom is 0.234 e. The first-order chi connectivity index (χ1) is 9.63. The number of benzene rings is 1. The minimum Gasteiger partial charge on any atom is -0.373 e. The average Bonchev–Trinajstić information content (AvgIpc) is 2.38. The summed E-state index contributed by atoms with van der Waals surface area (Å²) in [6, 6.07) is 10.2. The van der Waals surface area contributed by atoms with Gasteiger partial charge < -0.3 is 10.1 Å². The van der Waals surface area contributed by atoms with E-state index in [1.54, 1.807) is 0 Å². The molecule has 4 heteroatoms. The molecule has 0 aliphatic carbocycles. The molecule has 1 aromatic rings. The Labute approximate surface area is 121 Å². The zero-order valence-corrected chi connectivity index (χ0v) is 12.3. The van der Waals surface area contributed by atoms with E-state index in [1.807, 2.05) is 18.2 Å². The van der Waals surface area contributed by atoms with Crippen LogP contribution in [0.2, 0.25) is 0 Å². The molecule has 20 heavy (non-hydrogen) atoms. The summed E-state index contributed by atoms with van der Waals surface area (Å²) in [6.07, 6.45) is 1.29. The molecule has 110 valence electrons. The van der Waals surface area contributed by atoms with Crippen molar-refractivity contribution >= 4 is 5.91 Å². The number of carbonyl (C=O) groups is 1. The molecule has 0 radical (unpaired) electrons. The molecule has 1 saturated heterocycles. The van der Waals surface area contributed by atoms with Gasteiger partial charge in [-0.1, -0.05) is 30.3 Å². The van der Waals surface area contributed by atoms with Gasteiger partial charge in [0.05, 0.1) is 18.8 Å². The van der Waals surface area contributed by atoms with E-state index in [0.29, 0.717) is 13.1 Å². The summed E-state index contributed by atoms with van der Waals surface area (Å²) in [5, 5.41) is 2.99. The minimum absolute atomic E-state index is 0.0993. The number of hydrogen-bond donors (Lipinski definition) is 1. The molecule has 1 aliphatic heterocycles. The molecule has 4 nitrogen and oxygen atoms in total. The van der Waals surface area contributed by atoms with Crippen molar-refractivity contribution in [3.63, 3.8) is 0 Å². The lowest BCUT2D eigenvalue weighted by Crippen LogP contribution is -2.49. The Morgan fingerprint density at radius 1 is 1.25 bits per heavy atom. The third kappa shape index (κ3) is 4.94. The molecule has 1 fully saturated rings. The van der Waals surface area contributed by atoms with Crippen LogP contribution in [0.15, 0.2) is 30.3 Å². The van der Waals surface area contributed by atoms with Crippen LogP contribution >= 0.6 is 0 Å². The summed E-state index contributed by atoms with van der Waals surface area (Å²) in [6.45, 7) is 6.92. The summed E-state index contributed by atoms with van der Waals surface area (Å²) < 4.78 is 5.66. The summed E-state index contributed by atoms with van der Waals surface area (Å²) in [5.41, 5.74) is 1.25. The summed E-state index contributed by atoms with van der Waals surface area (Å²) >= 11 is 0. The molecule has 0 spiro atoms. The van der Waals surface area contributed by atoms with Crippen molar-refractivity contribution in [2.45, 2.75) is 32.5 Å².